The number of hydrogen-bond donors (Lipinski definition) is 0. The fourth-order valence-electron chi connectivity index (χ4n) is 21.6. The fourth-order valence-corrected chi connectivity index (χ4v) is 25.4. The zero-order chi connectivity index (χ0) is 88.2. The quantitative estimate of drug-likeness (QED) is 0.162. The van der Waals surface area contributed by atoms with E-state index in [-0.39, 0.29) is 0 Å². The molecule has 0 radical (unpaired) electrons. The number of furan rings is 1. The normalized spacial score (nSPS) is 12.1. The molecule has 11 nitrogen and oxygen atoms in total. The average molecular weight is 1770 g/mol. The summed E-state index contributed by atoms with van der Waals surface area (Å²) < 4.78 is 21.1. The minimum absolute atomic E-state index is 0.630. The monoisotopic (exact) mass is 1770 g/mol. The van der Waals surface area contributed by atoms with E-state index in [0.29, 0.717) is 23.4 Å². The highest BCUT2D eigenvalue weighted by Crippen LogP contribution is 2.53. The van der Waals surface area contributed by atoms with Crippen molar-refractivity contribution >= 4 is 269 Å². The molecule has 135 heavy (non-hydrogen) atoms. The average Bonchev–Trinajstić information content (AvgIpc) is 1.55. The Kier molecular flexibility index (Phi) is 16.6. The van der Waals surface area contributed by atoms with Gasteiger partial charge in [0.1, 0.15) is 28.0 Å². The third kappa shape index (κ3) is 11.4. The van der Waals surface area contributed by atoms with Crippen molar-refractivity contribution in [2.75, 3.05) is 0 Å². The number of thiophene rings is 3. The van der Waals surface area contributed by atoms with Crippen LogP contribution in [0, 0.1) is 0 Å². The molecule has 0 N–H and O–H groups in total. The van der Waals surface area contributed by atoms with Gasteiger partial charge in [-0.25, -0.2) is 29.9 Å². The molecule has 0 aliphatic heterocycles. The van der Waals surface area contributed by atoms with Gasteiger partial charge in [0, 0.05) is 122 Å². The lowest BCUT2D eigenvalue weighted by Crippen LogP contribution is -2.04. The van der Waals surface area contributed by atoms with E-state index in [0.717, 1.165) is 111 Å². The van der Waals surface area contributed by atoms with Crippen molar-refractivity contribution in [2.24, 2.45) is 0 Å². The van der Waals surface area contributed by atoms with Gasteiger partial charge < -0.3 is 4.42 Å². The Bertz CT molecular complexity index is 10200. The standard InChI is InChI=1S/C42H23N3OS.C40H23N3S.C39H22N4S/c1-2-14-25-24(12-1)13-11-20-27(25)37-40-38(30-18-6-9-22-33(30)46-40)44-42(43-37)45-32-21-8-5-17-29(32)35-26-15-3-4-16-28(26)41-36(39(35)45)31-19-7-10-23-34(31)47-41;1-2-12-25-23-26(22-21-24(25)11-1)37-29-15-5-8-18-32(29)41-40(42-37)43-33-19-9-6-16-30(33)35-27-13-3-4-14-28(27)36-31-17-7-10-20-34(31)44-39(36)38(35)43;1-2-11-24-22-25(20-19-23(24)10-1)35-36-30(16-9-21-40-36)41-39(42-35)43-31-17-7-5-14-28(31)33-26-12-3-4-13-27(26)34-29-15-6-8-18-32(29)44-38(34)37(33)43/h1-23H;1-23H;1-22H. The highest BCUT2D eigenvalue weighted by Gasteiger charge is 2.30. The summed E-state index contributed by atoms with van der Waals surface area (Å²) in [4.78, 5) is 36.9. The van der Waals surface area contributed by atoms with Crippen LogP contribution in [0.1, 0.15) is 0 Å². The molecule has 31 rings (SSSR count). The van der Waals surface area contributed by atoms with Crippen molar-refractivity contribution in [3.05, 3.63) is 413 Å². The number of para-hydroxylation sites is 5. The first-order valence-corrected chi connectivity index (χ1v) is 47.8. The molecule has 11 aromatic heterocycles. The Morgan fingerprint density at radius 3 is 1.19 bits per heavy atom. The van der Waals surface area contributed by atoms with E-state index < -0.39 is 0 Å². The molecule has 0 saturated carbocycles. The molecule has 0 fully saturated rings. The second-order valence-electron chi connectivity index (χ2n) is 34.7. The van der Waals surface area contributed by atoms with Gasteiger partial charge in [-0.1, -0.05) is 328 Å². The highest BCUT2D eigenvalue weighted by atomic mass is 32.1. The smallest absolute Gasteiger partial charge is 0.236 e. The van der Waals surface area contributed by atoms with Crippen molar-refractivity contribution < 1.29 is 4.42 Å². The van der Waals surface area contributed by atoms with Crippen LogP contribution in [0.25, 0.3) is 286 Å². The molecule has 0 aliphatic carbocycles. The van der Waals surface area contributed by atoms with Gasteiger partial charge >= 0.3 is 0 Å². The summed E-state index contributed by atoms with van der Waals surface area (Å²) in [6, 6.07) is 144. The zero-order valence-corrected chi connectivity index (χ0v) is 74.3. The van der Waals surface area contributed by atoms with E-state index in [4.69, 9.17) is 39.3 Å². The SMILES string of the molecule is c1ccc2c(-c3nc(-n4c5ccccc5c5c6ccccc6c6sc7ccccc7c6c54)nc4c3oc3ccccc34)cccc2c1.c1ccc2cc(-c3nc(-n4c5ccccc5c5c6ccccc6c6c7ccccc7sc6c54)nc4ccccc34)ccc2c1.c1ccc2cc(-c3nc(-n4c5ccccc5c5c6ccccc6c6c7ccccc7sc6c54)nc4cccnc34)ccc2c1. The lowest BCUT2D eigenvalue weighted by atomic mass is 9.99. The Hall–Kier alpha value is -17.3. The predicted octanol–water partition coefficient (Wildman–Crippen LogP) is 33.3. The molecular formula is C121H68N10OS3. The maximum Gasteiger partial charge on any atom is 0.236 e. The number of hydrogen-bond acceptors (Lipinski definition) is 11. The minimum Gasteiger partial charge on any atom is -0.452 e. The summed E-state index contributed by atoms with van der Waals surface area (Å²) in [6.45, 7) is 0. The fraction of sp³-hybridized carbons (Fsp3) is 0. The Balaban J connectivity index is 0.0000000985. The number of fused-ring (bicyclic) bond motifs is 38. The number of pyridine rings is 1. The van der Waals surface area contributed by atoms with Crippen LogP contribution in [0.3, 0.4) is 0 Å². The second-order valence-corrected chi connectivity index (χ2v) is 37.9. The molecule has 31 aromatic rings. The highest BCUT2D eigenvalue weighted by molar-refractivity contribution is 7.28. The third-order valence-corrected chi connectivity index (χ3v) is 30.9. The van der Waals surface area contributed by atoms with Crippen LogP contribution < -0.4 is 0 Å². The van der Waals surface area contributed by atoms with Gasteiger partial charge in [-0.2, -0.15) is 0 Å². The van der Waals surface area contributed by atoms with Gasteiger partial charge in [0.15, 0.2) is 5.58 Å². The molecule has 0 bridgehead atoms. The number of nitrogens with zero attached hydrogens (tertiary/aromatic N) is 10. The van der Waals surface area contributed by atoms with Crippen LogP contribution in [-0.4, -0.2) is 48.6 Å². The topological polar surface area (TPSA) is 118 Å². The largest absolute Gasteiger partial charge is 0.452 e. The molecule has 20 aromatic carbocycles. The van der Waals surface area contributed by atoms with E-state index in [2.05, 4.69) is 390 Å². The number of benzene rings is 20. The first-order chi connectivity index (χ1) is 67.0. The molecule has 14 heteroatoms. The molecule has 0 unspecified atom stereocenters. The Labute approximate surface area is 779 Å². The van der Waals surface area contributed by atoms with Crippen LogP contribution in [0.2, 0.25) is 0 Å². The summed E-state index contributed by atoms with van der Waals surface area (Å²) in [5, 5.41) is 31.6. The van der Waals surface area contributed by atoms with Crippen LogP contribution >= 0.6 is 34.0 Å². The molecule has 0 saturated heterocycles. The predicted molar refractivity (Wildman–Crippen MR) is 569 cm³/mol. The van der Waals surface area contributed by atoms with Gasteiger partial charge in [0.25, 0.3) is 0 Å². The Morgan fingerprint density at radius 2 is 0.607 bits per heavy atom. The molecule has 626 valence electrons. The lowest BCUT2D eigenvalue weighted by Gasteiger charge is -2.13. The van der Waals surface area contributed by atoms with E-state index >= 15 is 0 Å². The minimum atomic E-state index is 0.630. The van der Waals surface area contributed by atoms with Crippen molar-refractivity contribution in [1.82, 2.24) is 48.6 Å². The van der Waals surface area contributed by atoms with Crippen molar-refractivity contribution in [3.63, 3.8) is 0 Å². The second kappa shape index (κ2) is 29.6. The van der Waals surface area contributed by atoms with Crippen molar-refractivity contribution in [3.8, 4) is 51.6 Å². The van der Waals surface area contributed by atoms with Crippen LogP contribution in [-0.2, 0) is 0 Å². The molecular weight excluding hydrogens is 1710 g/mol. The maximum absolute atomic E-state index is 6.57. The summed E-state index contributed by atoms with van der Waals surface area (Å²) in [5.74, 6) is 1.96. The van der Waals surface area contributed by atoms with E-state index in [1.54, 1.807) is 0 Å². The summed E-state index contributed by atoms with van der Waals surface area (Å²) in [5.41, 5.74) is 17.3. The van der Waals surface area contributed by atoms with Crippen molar-refractivity contribution in [1.29, 1.82) is 0 Å². The molecule has 0 amide bonds. The molecule has 11 heterocycles. The van der Waals surface area contributed by atoms with Gasteiger partial charge in [-0.05, 0) is 138 Å². The number of aromatic nitrogens is 10. The Morgan fingerprint density at radius 1 is 0.222 bits per heavy atom. The van der Waals surface area contributed by atoms with Gasteiger partial charge in [-0.3, -0.25) is 18.7 Å². The molecule has 0 spiro atoms. The lowest BCUT2D eigenvalue weighted by molar-refractivity contribution is 0.666. The van der Waals surface area contributed by atoms with Gasteiger partial charge in [-0.15, -0.1) is 34.0 Å². The third-order valence-electron chi connectivity index (χ3n) is 27.4. The van der Waals surface area contributed by atoms with E-state index in [1.807, 2.05) is 70.5 Å². The van der Waals surface area contributed by atoms with Gasteiger partial charge in [0.05, 0.1) is 59.2 Å². The van der Waals surface area contributed by atoms with Crippen LogP contribution in [0.5, 0.6) is 0 Å². The first kappa shape index (κ1) is 75.5. The summed E-state index contributed by atoms with van der Waals surface area (Å²) >= 11 is 5.56. The maximum atomic E-state index is 6.57. The van der Waals surface area contributed by atoms with Crippen LogP contribution in [0.4, 0.5) is 0 Å². The molecule has 0 aliphatic rings. The summed E-state index contributed by atoms with van der Waals surface area (Å²) in [6.07, 6.45) is 1.82. The summed E-state index contributed by atoms with van der Waals surface area (Å²) in [7, 11) is 0. The first-order valence-electron chi connectivity index (χ1n) is 45.3. The zero-order valence-electron chi connectivity index (χ0n) is 71.9. The van der Waals surface area contributed by atoms with E-state index in [1.165, 1.54) is 152 Å². The van der Waals surface area contributed by atoms with Crippen LogP contribution in [0.15, 0.2) is 417 Å². The number of rotatable bonds is 6. The molecule has 0 atom stereocenters. The van der Waals surface area contributed by atoms with Crippen molar-refractivity contribution in [2.45, 2.75) is 0 Å². The van der Waals surface area contributed by atoms with E-state index in [9.17, 15) is 0 Å². The van der Waals surface area contributed by atoms with Gasteiger partial charge in [0.2, 0.25) is 17.8 Å².